The molecule has 0 atom stereocenters. The minimum Gasteiger partial charge on any atom is -0.496 e. The van der Waals surface area contributed by atoms with Gasteiger partial charge in [0.2, 0.25) is 0 Å². The fourth-order valence-electron chi connectivity index (χ4n) is 4.44. The molecule has 8 heteroatoms. The Kier molecular flexibility index (Phi) is 6.33. The number of nitriles is 1. The number of thiazole rings is 1. The van der Waals surface area contributed by atoms with Crippen LogP contribution in [-0.4, -0.2) is 26.3 Å². The second-order valence-corrected chi connectivity index (χ2v) is 9.54. The number of methoxy groups -OCH3 is 1. The van der Waals surface area contributed by atoms with E-state index in [9.17, 15) is 10.1 Å². The maximum atomic E-state index is 13.5. The van der Waals surface area contributed by atoms with Crippen molar-refractivity contribution in [1.82, 2.24) is 19.2 Å². The van der Waals surface area contributed by atoms with Crippen LogP contribution in [0.2, 0.25) is 0 Å². The number of aromatic nitrogens is 4. The van der Waals surface area contributed by atoms with Crippen molar-refractivity contribution in [3.8, 4) is 39.9 Å². The number of hydrogen-bond acceptors (Lipinski definition) is 6. The molecule has 0 radical (unpaired) electrons. The van der Waals surface area contributed by atoms with Gasteiger partial charge in [0.05, 0.1) is 35.7 Å². The van der Waals surface area contributed by atoms with Crippen molar-refractivity contribution in [2.45, 2.75) is 0 Å². The second kappa shape index (κ2) is 10.2. The molecular formula is C31H21N5O2S. The van der Waals surface area contributed by atoms with Gasteiger partial charge in [0, 0.05) is 28.9 Å². The molecule has 39 heavy (non-hydrogen) atoms. The Bertz CT molecular complexity index is 1930. The van der Waals surface area contributed by atoms with Crippen LogP contribution in [0.3, 0.4) is 0 Å². The van der Waals surface area contributed by atoms with Gasteiger partial charge in [0.1, 0.15) is 11.4 Å². The number of para-hydroxylation sites is 2. The highest BCUT2D eigenvalue weighted by Crippen LogP contribution is 2.33. The lowest BCUT2D eigenvalue weighted by atomic mass is 10.0. The Labute approximate surface area is 228 Å². The minimum absolute atomic E-state index is 0.171. The number of nitrogens with zero attached hydrogens (tertiary/aromatic N) is 5. The molecule has 7 nitrogen and oxygen atoms in total. The summed E-state index contributed by atoms with van der Waals surface area (Å²) in [6.07, 6.45) is 7.44. The van der Waals surface area contributed by atoms with E-state index in [0.717, 1.165) is 22.5 Å². The third-order valence-corrected chi connectivity index (χ3v) is 7.10. The van der Waals surface area contributed by atoms with Crippen LogP contribution in [0.5, 0.6) is 5.75 Å². The first kappa shape index (κ1) is 24.1. The van der Waals surface area contributed by atoms with Gasteiger partial charge < -0.3 is 4.74 Å². The molecule has 0 saturated carbocycles. The molecule has 3 aromatic heterocycles. The summed E-state index contributed by atoms with van der Waals surface area (Å²) < 4.78 is 9.00. The van der Waals surface area contributed by atoms with Crippen molar-refractivity contribution in [2.24, 2.45) is 0 Å². The van der Waals surface area contributed by atoms with Gasteiger partial charge in [-0.25, -0.2) is 9.67 Å². The Morgan fingerprint density at radius 1 is 0.974 bits per heavy atom. The van der Waals surface area contributed by atoms with Crippen LogP contribution in [0.25, 0.3) is 45.2 Å². The molecule has 0 fully saturated rings. The number of ether oxygens (including phenoxy) is 1. The van der Waals surface area contributed by atoms with Crippen LogP contribution in [0, 0.1) is 11.3 Å². The Hall–Kier alpha value is -5.26. The lowest BCUT2D eigenvalue weighted by Crippen LogP contribution is -2.16. The van der Waals surface area contributed by atoms with Crippen molar-refractivity contribution in [2.75, 3.05) is 7.11 Å². The van der Waals surface area contributed by atoms with E-state index in [-0.39, 0.29) is 5.56 Å². The van der Waals surface area contributed by atoms with Gasteiger partial charge in [0.15, 0.2) is 4.96 Å². The van der Waals surface area contributed by atoms with Gasteiger partial charge in [-0.3, -0.25) is 9.20 Å². The molecule has 0 bridgehead atoms. The first-order chi connectivity index (χ1) is 19.2. The average Bonchev–Trinajstić information content (AvgIpc) is 3.64. The third kappa shape index (κ3) is 4.52. The van der Waals surface area contributed by atoms with Gasteiger partial charge >= 0.3 is 0 Å². The van der Waals surface area contributed by atoms with E-state index >= 15 is 0 Å². The first-order valence-corrected chi connectivity index (χ1v) is 13.0. The molecule has 0 saturated heterocycles. The van der Waals surface area contributed by atoms with Crippen LogP contribution >= 0.6 is 11.3 Å². The molecule has 6 aromatic rings. The molecule has 0 N–H and O–H groups in total. The molecule has 3 aromatic carbocycles. The second-order valence-electron chi connectivity index (χ2n) is 8.67. The summed E-state index contributed by atoms with van der Waals surface area (Å²) in [7, 11) is 1.64. The molecule has 6 rings (SSSR count). The maximum Gasteiger partial charge on any atom is 0.266 e. The summed E-state index contributed by atoms with van der Waals surface area (Å²) in [4.78, 5) is 18.9. The zero-order chi connectivity index (χ0) is 26.8. The van der Waals surface area contributed by atoms with Gasteiger partial charge in [-0.2, -0.15) is 10.4 Å². The minimum atomic E-state index is -0.171. The zero-order valence-electron chi connectivity index (χ0n) is 20.9. The van der Waals surface area contributed by atoms with Gasteiger partial charge in [-0.05, 0) is 54.1 Å². The summed E-state index contributed by atoms with van der Waals surface area (Å²) in [5.74, 6) is 0.708. The van der Waals surface area contributed by atoms with E-state index in [0.29, 0.717) is 33.1 Å². The van der Waals surface area contributed by atoms with Crippen molar-refractivity contribution < 1.29 is 4.74 Å². The third-order valence-electron chi connectivity index (χ3n) is 6.34. The highest BCUT2D eigenvalue weighted by Gasteiger charge is 2.17. The smallest absolute Gasteiger partial charge is 0.266 e. The van der Waals surface area contributed by atoms with Gasteiger partial charge in [-0.1, -0.05) is 42.5 Å². The van der Waals surface area contributed by atoms with Crippen molar-refractivity contribution >= 4 is 28.4 Å². The van der Waals surface area contributed by atoms with Crippen LogP contribution in [0.15, 0.2) is 101 Å². The van der Waals surface area contributed by atoms with Crippen LogP contribution < -0.4 is 10.3 Å². The highest BCUT2D eigenvalue weighted by atomic mass is 32.1. The molecule has 0 aliphatic carbocycles. The molecule has 0 unspecified atom stereocenters. The van der Waals surface area contributed by atoms with E-state index in [1.54, 1.807) is 42.0 Å². The van der Waals surface area contributed by atoms with Crippen molar-refractivity contribution in [3.63, 3.8) is 0 Å². The topological polar surface area (TPSA) is 85.2 Å². The molecule has 188 valence electrons. The van der Waals surface area contributed by atoms with Crippen LogP contribution in [-0.2, 0) is 0 Å². The number of fused-ring (bicyclic) bond motifs is 1. The highest BCUT2D eigenvalue weighted by molar-refractivity contribution is 7.15. The van der Waals surface area contributed by atoms with Gasteiger partial charge in [-0.15, -0.1) is 11.3 Å². The molecule has 0 aliphatic heterocycles. The summed E-state index contributed by atoms with van der Waals surface area (Å²) in [6, 6.07) is 26.7. The first-order valence-electron chi connectivity index (χ1n) is 12.1. The molecule has 0 amide bonds. The van der Waals surface area contributed by atoms with E-state index < -0.39 is 0 Å². The molecule has 0 aliphatic rings. The fourth-order valence-corrected chi connectivity index (χ4v) is 5.15. The van der Waals surface area contributed by atoms with Gasteiger partial charge in [0.25, 0.3) is 5.56 Å². The number of benzene rings is 3. The summed E-state index contributed by atoms with van der Waals surface area (Å²) in [5.41, 5.74) is 5.38. The number of rotatable bonds is 6. The largest absolute Gasteiger partial charge is 0.496 e. The van der Waals surface area contributed by atoms with Crippen LogP contribution in [0.4, 0.5) is 0 Å². The monoisotopic (exact) mass is 527 g/mol. The average molecular weight is 528 g/mol. The quantitative estimate of drug-likeness (QED) is 0.253. The lowest BCUT2D eigenvalue weighted by molar-refractivity contribution is 0.416. The standard InChI is InChI=1S/C31H21N5O2S/c1-38-27-10-6-5-9-25(27)29-23(20-36(34-29)24-7-3-2-4-8-24)15-16-26-28(22-13-11-21(19-32)12-14-22)30(37)35-17-18-39-31(35)33-26/h2-18,20H,1H3/b16-15+. The van der Waals surface area contributed by atoms with Crippen molar-refractivity contribution in [3.05, 3.63) is 124 Å². The molecular weight excluding hydrogens is 506 g/mol. The Morgan fingerprint density at radius 3 is 2.51 bits per heavy atom. The fraction of sp³-hybridized carbons (Fsp3) is 0.0323. The predicted molar refractivity (Wildman–Crippen MR) is 154 cm³/mol. The van der Waals surface area contributed by atoms with E-state index in [2.05, 4.69) is 6.07 Å². The lowest BCUT2D eigenvalue weighted by Gasteiger charge is -2.08. The Balaban J connectivity index is 1.53. The van der Waals surface area contributed by atoms with E-state index in [4.69, 9.17) is 14.8 Å². The Morgan fingerprint density at radius 2 is 1.74 bits per heavy atom. The zero-order valence-corrected chi connectivity index (χ0v) is 21.7. The van der Waals surface area contributed by atoms with E-state index in [1.165, 1.54) is 11.3 Å². The SMILES string of the molecule is COc1ccccc1-c1nn(-c2ccccc2)cc1/C=C/c1nc2sccn2c(=O)c1-c1ccc(C#N)cc1. The normalized spacial score (nSPS) is 11.2. The van der Waals surface area contributed by atoms with E-state index in [1.807, 2.05) is 83.0 Å². The molecule has 3 heterocycles. The summed E-state index contributed by atoms with van der Waals surface area (Å²) in [5, 5.41) is 16.0. The maximum absolute atomic E-state index is 13.5. The summed E-state index contributed by atoms with van der Waals surface area (Å²) >= 11 is 1.40. The predicted octanol–water partition coefficient (Wildman–Crippen LogP) is 6.33. The summed E-state index contributed by atoms with van der Waals surface area (Å²) in [6.45, 7) is 0. The van der Waals surface area contributed by atoms with Crippen LogP contribution in [0.1, 0.15) is 16.8 Å². The molecule has 0 spiro atoms. The number of hydrogen-bond donors (Lipinski definition) is 0. The van der Waals surface area contributed by atoms with Crippen molar-refractivity contribution in [1.29, 1.82) is 5.26 Å².